The van der Waals surface area contributed by atoms with Crippen molar-refractivity contribution < 1.29 is 23.8 Å². The van der Waals surface area contributed by atoms with E-state index in [9.17, 15) is 20.1 Å². The summed E-state index contributed by atoms with van der Waals surface area (Å²) in [6.45, 7) is 0. The van der Waals surface area contributed by atoms with Gasteiger partial charge in [0, 0.05) is 11.1 Å². The predicted molar refractivity (Wildman–Crippen MR) is 155 cm³/mol. The van der Waals surface area contributed by atoms with Crippen molar-refractivity contribution in [2.45, 2.75) is 12.2 Å². The van der Waals surface area contributed by atoms with E-state index in [1.165, 1.54) is 0 Å². The molecule has 0 aliphatic carbocycles. The Labute approximate surface area is 244 Å². The number of nitrogens with zero attached hydrogens (tertiary/aromatic N) is 2. The van der Waals surface area contributed by atoms with Crippen molar-refractivity contribution in [1.29, 1.82) is 10.5 Å². The lowest BCUT2D eigenvalue weighted by Gasteiger charge is -2.48. The van der Waals surface area contributed by atoms with Crippen LogP contribution in [0, 0.1) is 39.9 Å². The fraction of sp³-hybridized carbons (Fsp3) is 0.200. The Hall–Kier alpha value is -5.24. The summed E-state index contributed by atoms with van der Waals surface area (Å²) in [7, 11) is 3.09. The highest BCUT2D eigenvalue weighted by Gasteiger charge is 2.63. The molecule has 0 aromatic heterocycles. The predicted octanol–water partition coefficient (Wildman–Crippen LogP) is 6.55. The standard InChI is InChI=1S/C35H28N2O5/c1-40-27-17-13-25(14-18-27)33-29(31(38)23-9-5-3-6-10-23)35(21-36,22-37)30(32(39)24-11-7-4-8-12-24)34(42-33)26-15-19-28(41-2)20-16-26/h3-20,29-30,33-34H,1-2H3. The molecule has 0 radical (unpaired) electrons. The molecule has 4 aromatic carbocycles. The average molecular weight is 557 g/mol. The van der Waals surface area contributed by atoms with Crippen LogP contribution in [0.2, 0.25) is 0 Å². The van der Waals surface area contributed by atoms with E-state index in [1.807, 2.05) is 0 Å². The van der Waals surface area contributed by atoms with Crippen LogP contribution in [-0.2, 0) is 4.74 Å². The number of rotatable bonds is 8. The summed E-state index contributed by atoms with van der Waals surface area (Å²) in [5.74, 6) is -2.38. The maximum Gasteiger partial charge on any atom is 0.171 e. The van der Waals surface area contributed by atoms with Gasteiger partial charge in [0.05, 0.1) is 50.4 Å². The van der Waals surface area contributed by atoms with E-state index in [-0.39, 0.29) is 0 Å². The van der Waals surface area contributed by atoms with Crippen molar-refractivity contribution in [3.05, 3.63) is 131 Å². The third kappa shape index (κ3) is 5.03. The summed E-state index contributed by atoms with van der Waals surface area (Å²) < 4.78 is 17.4. The highest BCUT2D eigenvalue weighted by Crippen LogP contribution is 2.57. The van der Waals surface area contributed by atoms with Crippen LogP contribution in [0.15, 0.2) is 109 Å². The van der Waals surface area contributed by atoms with Crippen LogP contribution in [0.5, 0.6) is 11.5 Å². The van der Waals surface area contributed by atoms with Crippen LogP contribution in [-0.4, -0.2) is 25.8 Å². The van der Waals surface area contributed by atoms with Gasteiger partial charge in [-0.05, 0) is 35.4 Å². The molecule has 1 aliphatic rings. The maximum absolute atomic E-state index is 14.3. The molecule has 1 saturated heterocycles. The Morgan fingerprint density at radius 1 is 0.619 bits per heavy atom. The van der Waals surface area contributed by atoms with Crippen LogP contribution in [0.25, 0.3) is 0 Å². The van der Waals surface area contributed by atoms with Crippen molar-refractivity contribution in [3.63, 3.8) is 0 Å². The van der Waals surface area contributed by atoms with E-state index in [2.05, 4.69) is 12.1 Å². The van der Waals surface area contributed by atoms with Crippen molar-refractivity contribution in [1.82, 2.24) is 0 Å². The van der Waals surface area contributed by atoms with Gasteiger partial charge < -0.3 is 14.2 Å². The zero-order valence-corrected chi connectivity index (χ0v) is 23.1. The topological polar surface area (TPSA) is 109 Å². The molecule has 4 aromatic rings. The fourth-order valence-electron chi connectivity index (χ4n) is 5.67. The first-order valence-corrected chi connectivity index (χ1v) is 13.4. The third-order valence-corrected chi connectivity index (χ3v) is 7.82. The molecule has 4 atom stereocenters. The monoisotopic (exact) mass is 556 g/mol. The van der Waals surface area contributed by atoms with Gasteiger partial charge >= 0.3 is 0 Å². The Kier molecular flexibility index (Phi) is 8.15. The number of hydrogen-bond donors (Lipinski definition) is 0. The number of hydrogen-bond acceptors (Lipinski definition) is 7. The summed E-state index contributed by atoms with van der Waals surface area (Å²) in [5.41, 5.74) is -0.317. The smallest absolute Gasteiger partial charge is 0.171 e. The molecule has 5 rings (SSSR count). The molecule has 1 heterocycles. The van der Waals surface area contributed by atoms with Gasteiger partial charge in [0.25, 0.3) is 0 Å². The van der Waals surface area contributed by atoms with Crippen LogP contribution >= 0.6 is 0 Å². The first-order valence-electron chi connectivity index (χ1n) is 13.4. The Morgan fingerprint density at radius 2 is 0.976 bits per heavy atom. The van der Waals surface area contributed by atoms with Gasteiger partial charge in [0.1, 0.15) is 11.5 Å². The molecule has 7 heteroatoms. The summed E-state index contributed by atoms with van der Waals surface area (Å²) in [6.07, 6.45) is -2.07. The van der Waals surface area contributed by atoms with Crippen LogP contribution in [0.1, 0.15) is 44.1 Å². The molecular formula is C35H28N2O5. The normalized spacial score (nSPS) is 20.9. The number of carbonyl (C=O) groups is 2. The molecule has 1 fully saturated rings. The molecule has 1 aliphatic heterocycles. The van der Waals surface area contributed by atoms with Crippen molar-refractivity contribution >= 4 is 11.6 Å². The number of ether oxygens (including phenoxy) is 3. The lowest BCUT2D eigenvalue weighted by molar-refractivity contribution is -0.134. The molecule has 42 heavy (non-hydrogen) atoms. The van der Waals surface area contributed by atoms with E-state index in [4.69, 9.17) is 14.2 Å². The number of ketones is 2. The quantitative estimate of drug-likeness (QED) is 0.226. The minimum Gasteiger partial charge on any atom is -0.497 e. The Balaban J connectivity index is 1.77. The van der Waals surface area contributed by atoms with Gasteiger partial charge in [-0.2, -0.15) is 10.5 Å². The molecule has 0 saturated carbocycles. The number of carbonyl (C=O) groups excluding carboxylic acids is 2. The second kappa shape index (κ2) is 12.1. The van der Waals surface area contributed by atoms with Crippen molar-refractivity contribution in [2.75, 3.05) is 14.2 Å². The van der Waals surface area contributed by atoms with Gasteiger partial charge in [0.15, 0.2) is 17.0 Å². The molecule has 0 N–H and O–H groups in total. The number of Topliss-reactive ketones (excluding diaryl/α,β-unsaturated/α-hetero) is 2. The first kappa shape index (κ1) is 28.3. The van der Waals surface area contributed by atoms with E-state index in [0.717, 1.165) is 0 Å². The Bertz CT molecular complexity index is 1510. The highest BCUT2D eigenvalue weighted by atomic mass is 16.5. The van der Waals surface area contributed by atoms with Gasteiger partial charge in [-0.1, -0.05) is 84.9 Å². The van der Waals surface area contributed by atoms with Crippen molar-refractivity contribution in [2.24, 2.45) is 17.3 Å². The minimum absolute atomic E-state index is 0.313. The third-order valence-electron chi connectivity index (χ3n) is 7.82. The number of methoxy groups -OCH3 is 2. The molecule has 208 valence electrons. The summed E-state index contributed by atoms with van der Waals surface area (Å²) in [6, 6.07) is 35.2. The SMILES string of the molecule is COc1ccc(C2OC(c3ccc(OC)cc3)C(C(=O)c3ccccc3)C(C#N)(C#N)C2C(=O)c2ccccc2)cc1. The summed E-state index contributed by atoms with van der Waals surface area (Å²) in [4.78, 5) is 28.7. The largest absolute Gasteiger partial charge is 0.497 e. The van der Waals surface area contributed by atoms with Gasteiger partial charge in [-0.25, -0.2) is 0 Å². The fourth-order valence-corrected chi connectivity index (χ4v) is 5.67. The first-order chi connectivity index (χ1) is 20.5. The molecule has 4 unspecified atom stereocenters. The van der Waals surface area contributed by atoms with Gasteiger partial charge in [0.2, 0.25) is 0 Å². The van der Waals surface area contributed by atoms with E-state index >= 15 is 0 Å². The molecule has 0 amide bonds. The number of nitriles is 2. The second-order valence-corrected chi connectivity index (χ2v) is 10.0. The average Bonchev–Trinajstić information content (AvgIpc) is 3.07. The summed E-state index contributed by atoms with van der Waals surface area (Å²) in [5, 5.41) is 21.8. The maximum atomic E-state index is 14.3. The zero-order chi connectivity index (χ0) is 29.7. The lowest BCUT2D eigenvalue weighted by atomic mass is 9.57. The minimum atomic E-state index is -2.09. The van der Waals surface area contributed by atoms with E-state index in [1.54, 1.807) is 123 Å². The van der Waals surface area contributed by atoms with E-state index in [0.29, 0.717) is 33.8 Å². The van der Waals surface area contributed by atoms with Gasteiger partial charge in [-0.15, -0.1) is 0 Å². The van der Waals surface area contributed by atoms with Gasteiger partial charge in [-0.3, -0.25) is 9.59 Å². The molecule has 7 nitrogen and oxygen atoms in total. The summed E-state index contributed by atoms with van der Waals surface area (Å²) >= 11 is 0. The van der Waals surface area contributed by atoms with Crippen LogP contribution in [0.3, 0.4) is 0 Å². The van der Waals surface area contributed by atoms with E-state index < -0.39 is 41.0 Å². The highest BCUT2D eigenvalue weighted by molar-refractivity contribution is 6.03. The molecule has 0 bridgehead atoms. The number of benzene rings is 4. The Morgan fingerprint density at radius 3 is 1.29 bits per heavy atom. The second-order valence-electron chi connectivity index (χ2n) is 10.0. The van der Waals surface area contributed by atoms with Crippen LogP contribution < -0.4 is 9.47 Å². The van der Waals surface area contributed by atoms with Crippen LogP contribution in [0.4, 0.5) is 0 Å². The molecule has 0 spiro atoms. The molecular weight excluding hydrogens is 528 g/mol. The van der Waals surface area contributed by atoms with Crippen molar-refractivity contribution in [3.8, 4) is 23.6 Å². The zero-order valence-electron chi connectivity index (χ0n) is 23.1. The lowest BCUT2D eigenvalue weighted by Crippen LogP contribution is -2.53.